The predicted octanol–water partition coefficient (Wildman–Crippen LogP) is 3.98. The lowest BCUT2D eigenvalue weighted by Crippen LogP contribution is -2.23. The zero-order valence-electron chi connectivity index (χ0n) is 8.98. The summed E-state index contributed by atoms with van der Waals surface area (Å²) in [6, 6.07) is 4.40. The monoisotopic (exact) mass is 299 g/mol. The first-order valence-electron chi connectivity index (χ1n) is 4.79. The van der Waals surface area contributed by atoms with Crippen molar-refractivity contribution < 1.29 is 0 Å². The van der Waals surface area contributed by atoms with Crippen LogP contribution in [0.4, 0.5) is 5.69 Å². The minimum atomic E-state index is 0.115. The lowest BCUT2D eigenvalue weighted by molar-refractivity contribution is 0.727. The first kappa shape index (κ1) is 10.1. The Bertz CT molecular complexity index is 430. The third-order valence-corrected chi connectivity index (χ3v) is 3.72. The molecule has 1 aromatic rings. The number of hydrogen-bond donors (Lipinski definition) is 0. The van der Waals surface area contributed by atoms with Gasteiger partial charge in [-0.2, -0.15) is 0 Å². The van der Waals surface area contributed by atoms with Crippen LogP contribution in [0.5, 0.6) is 0 Å². The number of rotatable bonds is 0. The molecule has 0 fully saturated rings. The van der Waals surface area contributed by atoms with Gasteiger partial charge in [0.2, 0.25) is 0 Å². The summed E-state index contributed by atoms with van der Waals surface area (Å²) in [4.78, 5) is 4.64. The van der Waals surface area contributed by atoms with Gasteiger partial charge in [-0.1, -0.05) is 13.8 Å². The maximum atomic E-state index is 4.64. The zero-order valence-corrected chi connectivity index (χ0v) is 11.1. The molecule has 0 amide bonds. The van der Waals surface area contributed by atoms with E-state index >= 15 is 0 Å². The van der Waals surface area contributed by atoms with Crippen molar-refractivity contribution in [2.24, 2.45) is 4.99 Å². The molecule has 74 valence electrons. The van der Waals surface area contributed by atoms with Gasteiger partial charge in [-0.15, -0.1) is 0 Å². The van der Waals surface area contributed by atoms with Gasteiger partial charge in [-0.25, -0.2) is 0 Å². The maximum absolute atomic E-state index is 4.64. The van der Waals surface area contributed by atoms with Crippen molar-refractivity contribution in [3.8, 4) is 0 Å². The lowest BCUT2D eigenvalue weighted by Gasteiger charge is -2.22. The van der Waals surface area contributed by atoms with E-state index in [0.29, 0.717) is 0 Å². The summed E-state index contributed by atoms with van der Waals surface area (Å²) in [5, 5.41) is 0. The second-order valence-electron chi connectivity index (χ2n) is 4.44. The summed E-state index contributed by atoms with van der Waals surface area (Å²) >= 11 is 2.35. The highest BCUT2D eigenvalue weighted by molar-refractivity contribution is 14.1. The molecule has 2 heteroatoms. The Morgan fingerprint density at radius 1 is 1.21 bits per heavy atom. The average Bonchev–Trinajstić information content (AvgIpc) is 2.21. The molecule has 0 aliphatic carbocycles. The van der Waals surface area contributed by atoms with Crippen LogP contribution in [0.25, 0.3) is 0 Å². The van der Waals surface area contributed by atoms with Crippen LogP contribution in [-0.4, -0.2) is 5.71 Å². The zero-order chi connectivity index (χ0) is 10.5. The van der Waals surface area contributed by atoms with Crippen molar-refractivity contribution in [2.45, 2.75) is 33.1 Å². The van der Waals surface area contributed by atoms with Crippen molar-refractivity contribution in [3.63, 3.8) is 0 Å². The summed E-state index contributed by atoms with van der Waals surface area (Å²) in [6.45, 7) is 8.79. The van der Waals surface area contributed by atoms with Crippen LogP contribution >= 0.6 is 22.6 Å². The van der Waals surface area contributed by atoms with E-state index in [2.05, 4.69) is 67.4 Å². The molecule has 0 aromatic heterocycles. The Morgan fingerprint density at radius 3 is 2.50 bits per heavy atom. The topological polar surface area (TPSA) is 12.4 Å². The summed E-state index contributed by atoms with van der Waals surface area (Å²) in [5.74, 6) is 0. The van der Waals surface area contributed by atoms with Crippen LogP contribution in [0.15, 0.2) is 17.1 Å². The van der Waals surface area contributed by atoms with Gasteiger partial charge in [0.15, 0.2) is 0 Å². The SMILES string of the molecule is CC1=Nc2cc(I)cc(C)c2C1(C)C. The maximum Gasteiger partial charge on any atom is 0.0683 e. The standard InChI is InChI=1S/C12H14IN/c1-7-5-9(13)6-10-11(7)12(3,4)8(2)14-10/h5-6H,1-4H3. The molecule has 0 radical (unpaired) electrons. The fraction of sp³-hybridized carbons (Fsp3) is 0.417. The fourth-order valence-electron chi connectivity index (χ4n) is 2.13. The lowest BCUT2D eigenvalue weighted by atomic mass is 9.80. The molecule has 1 nitrogen and oxygen atoms in total. The molecule has 0 spiro atoms. The molecule has 0 saturated carbocycles. The smallest absolute Gasteiger partial charge is 0.0683 e. The number of benzene rings is 1. The molecule has 0 bridgehead atoms. The Hall–Kier alpha value is -0.380. The van der Waals surface area contributed by atoms with Gasteiger partial charge >= 0.3 is 0 Å². The van der Waals surface area contributed by atoms with Gasteiger partial charge < -0.3 is 0 Å². The van der Waals surface area contributed by atoms with E-state index in [4.69, 9.17) is 0 Å². The molecule has 1 aromatic carbocycles. The van der Waals surface area contributed by atoms with E-state index < -0.39 is 0 Å². The number of nitrogens with zero attached hydrogens (tertiary/aromatic N) is 1. The molecular formula is C12H14IN. The van der Waals surface area contributed by atoms with E-state index in [1.807, 2.05) is 0 Å². The van der Waals surface area contributed by atoms with Crippen LogP contribution in [0.1, 0.15) is 31.9 Å². The average molecular weight is 299 g/mol. The van der Waals surface area contributed by atoms with Gasteiger partial charge in [0.05, 0.1) is 5.69 Å². The van der Waals surface area contributed by atoms with Crippen molar-refractivity contribution in [2.75, 3.05) is 0 Å². The number of hydrogen-bond acceptors (Lipinski definition) is 1. The Kier molecular flexibility index (Phi) is 2.21. The number of aryl methyl sites for hydroxylation is 1. The van der Waals surface area contributed by atoms with Gasteiger partial charge in [0.1, 0.15) is 0 Å². The van der Waals surface area contributed by atoms with Crippen LogP contribution in [-0.2, 0) is 5.41 Å². The summed E-state index contributed by atoms with van der Waals surface area (Å²) < 4.78 is 1.27. The minimum absolute atomic E-state index is 0.115. The summed E-state index contributed by atoms with van der Waals surface area (Å²) in [6.07, 6.45) is 0. The van der Waals surface area contributed by atoms with E-state index in [9.17, 15) is 0 Å². The quantitative estimate of drug-likeness (QED) is 0.642. The van der Waals surface area contributed by atoms with Crippen molar-refractivity contribution in [3.05, 3.63) is 26.8 Å². The van der Waals surface area contributed by atoms with Crippen molar-refractivity contribution in [1.29, 1.82) is 0 Å². The minimum Gasteiger partial charge on any atom is -0.257 e. The first-order valence-corrected chi connectivity index (χ1v) is 5.87. The molecule has 1 heterocycles. The van der Waals surface area contributed by atoms with E-state index in [1.165, 1.54) is 20.4 Å². The molecule has 0 N–H and O–H groups in total. The Labute approximate surface area is 98.8 Å². The Morgan fingerprint density at radius 2 is 1.86 bits per heavy atom. The van der Waals surface area contributed by atoms with Gasteiger partial charge in [-0.3, -0.25) is 4.99 Å². The van der Waals surface area contributed by atoms with E-state index in [1.54, 1.807) is 0 Å². The fourth-order valence-corrected chi connectivity index (χ4v) is 2.89. The molecule has 0 saturated heterocycles. The highest BCUT2D eigenvalue weighted by Crippen LogP contribution is 2.42. The second-order valence-corrected chi connectivity index (χ2v) is 5.68. The number of halogens is 1. The third kappa shape index (κ3) is 1.31. The molecule has 1 aliphatic heterocycles. The molecule has 2 rings (SSSR count). The van der Waals surface area contributed by atoms with E-state index in [0.717, 1.165) is 5.69 Å². The molecule has 0 atom stereocenters. The molecular weight excluding hydrogens is 285 g/mol. The number of aliphatic imine (C=N–C) groups is 1. The largest absolute Gasteiger partial charge is 0.257 e. The number of fused-ring (bicyclic) bond motifs is 1. The second kappa shape index (κ2) is 3.05. The van der Waals surface area contributed by atoms with Crippen molar-refractivity contribution in [1.82, 2.24) is 0 Å². The highest BCUT2D eigenvalue weighted by Gasteiger charge is 2.33. The first-order chi connectivity index (χ1) is 6.43. The van der Waals surface area contributed by atoms with Gasteiger partial charge in [0, 0.05) is 14.7 Å². The molecule has 1 aliphatic rings. The Balaban J connectivity index is 2.73. The summed E-state index contributed by atoms with van der Waals surface area (Å²) in [5.41, 5.74) is 5.26. The van der Waals surface area contributed by atoms with Crippen molar-refractivity contribution >= 4 is 34.0 Å². The van der Waals surface area contributed by atoms with Gasteiger partial charge in [-0.05, 0) is 59.7 Å². The van der Waals surface area contributed by atoms with Crippen LogP contribution in [0.3, 0.4) is 0 Å². The highest BCUT2D eigenvalue weighted by atomic mass is 127. The van der Waals surface area contributed by atoms with E-state index in [-0.39, 0.29) is 5.41 Å². The summed E-state index contributed by atoms with van der Waals surface area (Å²) in [7, 11) is 0. The third-order valence-electron chi connectivity index (χ3n) is 3.10. The van der Waals surface area contributed by atoms with Gasteiger partial charge in [0.25, 0.3) is 0 Å². The normalized spacial score (nSPS) is 17.9. The molecule has 14 heavy (non-hydrogen) atoms. The van der Waals surface area contributed by atoms with Crippen LogP contribution in [0.2, 0.25) is 0 Å². The van der Waals surface area contributed by atoms with Crippen LogP contribution < -0.4 is 0 Å². The predicted molar refractivity (Wildman–Crippen MR) is 69.7 cm³/mol. The molecule has 0 unspecified atom stereocenters. The van der Waals surface area contributed by atoms with Crippen LogP contribution in [0, 0.1) is 10.5 Å².